The number of nitrogens with zero attached hydrogens (tertiary/aromatic N) is 4. The van der Waals surface area contributed by atoms with Gasteiger partial charge in [-0.15, -0.1) is 0 Å². The summed E-state index contributed by atoms with van der Waals surface area (Å²) in [6, 6.07) is 16.0. The molecular formula is C34H37F3N4O6. The van der Waals surface area contributed by atoms with Crippen molar-refractivity contribution in [3.05, 3.63) is 89.0 Å². The van der Waals surface area contributed by atoms with Crippen LogP contribution in [0.4, 0.5) is 13.2 Å². The highest BCUT2D eigenvalue weighted by Gasteiger charge is 2.37. The van der Waals surface area contributed by atoms with Gasteiger partial charge in [-0.1, -0.05) is 0 Å². The lowest BCUT2D eigenvalue weighted by atomic mass is 9.97. The molecule has 250 valence electrons. The van der Waals surface area contributed by atoms with Gasteiger partial charge < -0.3 is 23.8 Å². The summed E-state index contributed by atoms with van der Waals surface area (Å²) in [6.07, 6.45) is -4.19. The molecule has 13 heteroatoms. The summed E-state index contributed by atoms with van der Waals surface area (Å²) in [5.41, 5.74) is 1.28. The van der Waals surface area contributed by atoms with Crippen molar-refractivity contribution in [3.8, 4) is 17.2 Å². The number of methoxy groups -OCH3 is 3. The molecule has 3 aromatic carbocycles. The van der Waals surface area contributed by atoms with Crippen molar-refractivity contribution in [1.82, 2.24) is 14.8 Å². The van der Waals surface area contributed by atoms with E-state index in [0.29, 0.717) is 67.8 Å². The van der Waals surface area contributed by atoms with E-state index in [1.165, 1.54) is 17.0 Å². The molecule has 2 amide bonds. The van der Waals surface area contributed by atoms with Gasteiger partial charge in [0.05, 0.1) is 51.9 Å². The van der Waals surface area contributed by atoms with Crippen molar-refractivity contribution < 1.29 is 41.7 Å². The van der Waals surface area contributed by atoms with Crippen LogP contribution in [0.5, 0.6) is 17.2 Å². The summed E-state index contributed by atoms with van der Waals surface area (Å²) >= 11 is 0. The Labute approximate surface area is 271 Å². The second-order valence-electron chi connectivity index (χ2n) is 11.1. The first-order chi connectivity index (χ1) is 22.6. The Morgan fingerprint density at radius 3 is 2.19 bits per heavy atom. The lowest BCUT2D eigenvalue weighted by Crippen LogP contribution is -2.46. The number of hydrogen-bond acceptors (Lipinski definition) is 8. The predicted molar refractivity (Wildman–Crippen MR) is 168 cm³/mol. The maximum absolute atomic E-state index is 14.2. The van der Waals surface area contributed by atoms with Gasteiger partial charge in [-0.2, -0.15) is 18.3 Å². The van der Waals surface area contributed by atoms with E-state index in [-0.39, 0.29) is 18.7 Å². The molecule has 0 spiro atoms. The van der Waals surface area contributed by atoms with E-state index in [4.69, 9.17) is 24.0 Å². The minimum atomic E-state index is -4.54. The third-order valence-corrected chi connectivity index (χ3v) is 8.25. The van der Waals surface area contributed by atoms with Gasteiger partial charge in [-0.25, -0.2) is 5.01 Å². The van der Waals surface area contributed by atoms with E-state index in [0.717, 1.165) is 29.8 Å². The van der Waals surface area contributed by atoms with Crippen LogP contribution in [0, 0.1) is 0 Å². The molecule has 5 rings (SSSR count). The number of carbonyl (C=O) groups is 2. The smallest absolute Gasteiger partial charge is 0.416 e. The highest BCUT2D eigenvalue weighted by atomic mass is 19.4. The molecule has 1 fully saturated rings. The summed E-state index contributed by atoms with van der Waals surface area (Å²) in [5, 5.41) is 6.11. The van der Waals surface area contributed by atoms with Crippen LogP contribution in [-0.2, 0) is 15.7 Å². The van der Waals surface area contributed by atoms with Crippen LogP contribution in [0.3, 0.4) is 0 Å². The molecule has 3 aromatic rings. The Morgan fingerprint density at radius 1 is 0.915 bits per heavy atom. The zero-order valence-corrected chi connectivity index (χ0v) is 26.5. The van der Waals surface area contributed by atoms with E-state index < -0.39 is 29.6 Å². The molecule has 0 N–H and O–H groups in total. The lowest BCUT2D eigenvalue weighted by Gasteiger charge is -2.31. The molecule has 47 heavy (non-hydrogen) atoms. The Balaban J connectivity index is 1.46. The molecule has 0 bridgehead atoms. The molecule has 1 saturated heterocycles. The Morgan fingerprint density at radius 2 is 1.57 bits per heavy atom. The molecule has 0 aromatic heterocycles. The lowest BCUT2D eigenvalue weighted by molar-refractivity contribution is -0.137. The second-order valence-corrected chi connectivity index (χ2v) is 11.1. The van der Waals surface area contributed by atoms with E-state index in [2.05, 4.69) is 4.90 Å². The standard InChI is InChI=1S/C34H37F3N4O6/c1-44-26-10-6-23(7-11-26)29-21-30(28-20-27(45-2)12-13-31(28)46-3)41(38-29)32(42)22-40(15-14-39-16-18-47-19-17-39)33(43)24-4-8-25(9-5-24)34(35,36)37/h4-13,20,30H,14-19,21-22H2,1-3H3/t30-/m1/s1. The van der Waals surface area contributed by atoms with Gasteiger partial charge in [0.2, 0.25) is 0 Å². The molecular weight excluding hydrogens is 617 g/mol. The first-order valence-corrected chi connectivity index (χ1v) is 15.1. The van der Waals surface area contributed by atoms with Crippen LogP contribution in [0.25, 0.3) is 0 Å². The molecule has 2 aliphatic heterocycles. The third kappa shape index (κ3) is 8.03. The van der Waals surface area contributed by atoms with Gasteiger partial charge in [-0.05, 0) is 72.3 Å². The van der Waals surface area contributed by atoms with E-state index >= 15 is 0 Å². The maximum Gasteiger partial charge on any atom is 0.416 e. The second kappa shape index (κ2) is 14.9. The maximum atomic E-state index is 14.2. The summed E-state index contributed by atoms with van der Waals surface area (Å²) in [4.78, 5) is 31.4. The number of benzene rings is 3. The highest BCUT2D eigenvalue weighted by molar-refractivity contribution is 6.04. The van der Waals surface area contributed by atoms with Crippen LogP contribution in [0.15, 0.2) is 71.8 Å². The van der Waals surface area contributed by atoms with Gasteiger partial charge in [0.15, 0.2) is 0 Å². The number of ether oxygens (including phenoxy) is 4. The summed E-state index contributed by atoms with van der Waals surface area (Å²) in [5.74, 6) is 0.740. The summed E-state index contributed by atoms with van der Waals surface area (Å²) in [6.45, 7) is 2.69. The van der Waals surface area contributed by atoms with Gasteiger partial charge in [-0.3, -0.25) is 14.5 Å². The fraction of sp³-hybridized carbons (Fsp3) is 0.382. The number of halogens is 3. The topological polar surface area (TPSA) is 93.1 Å². The molecule has 1 atom stereocenters. The van der Waals surface area contributed by atoms with Crippen molar-refractivity contribution in [2.45, 2.75) is 18.6 Å². The molecule has 0 saturated carbocycles. The number of hydrazone groups is 1. The Hall–Kier alpha value is -4.62. The van der Waals surface area contributed by atoms with Crippen molar-refractivity contribution in [2.24, 2.45) is 5.10 Å². The van der Waals surface area contributed by atoms with Crippen molar-refractivity contribution in [1.29, 1.82) is 0 Å². The number of alkyl halides is 3. The van der Waals surface area contributed by atoms with Gasteiger partial charge in [0.25, 0.3) is 11.8 Å². The Bertz CT molecular complexity index is 1570. The number of carbonyl (C=O) groups excluding carboxylic acids is 2. The zero-order chi connectivity index (χ0) is 33.6. The first kappa shape index (κ1) is 33.7. The summed E-state index contributed by atoms with van der Waals surface area (Å²) in [7, 11) is 4.65. The average molecular weight is 655 g/mol. The molecule has 0 aliphatic carbocycles. The van der Waals surface area contributed by atoms with Crippen LogP contribution >= 0.6 is 0 Å². The van der Waals surface area contributed by atoms with Crippen molar-refractivity contribution in [3.63, 3.8) is 0 Å². The van der Waals surface area contributed by atoms with Crippen LogP contribution < -0.4 is 14.2 Å². The third-order valence-electron chi connectivity index (χ3n) is 8.25. The molecule has 0 unspecified atom stereocenters. The number of morpholine rings is 1. The molecule has 2 heterocycles. The SMILES string of the molecule is COc1ccc(C2=NN(C(=O)CN(CCN3CCOCC3)C(=O)c3ccc(C(F)(F)F)cc3)[C@@H](c3cc(OC)ccc3OC)C2)cc1. The number of rotatable bonds is 11. The monoisotopic (exact) mass is 654 g/mol. The van der Waals surface area contributed by atoms with Crippen molar-refractivity contribution >= 4 is 17.5 Å². The normalized spacial score (nSPS) is 16.9. The minimum absolute atomic E-state index is 0.0441. The molecule has 2 aliphatic rings. The summed E-state index contributed by atoms with van der Waals surface area (Å²) < 4.78 is 61.5. The van der Waals surface area contributed by atoms with E-state index in [9.17, 15) is 22.8 Å². The molecule has 0 radical (unpaired) electrons. The van der Waals surface area contributed by atoms with Crippen molar-refractivity contribution in [2.75, 3.05) is 67.3 Å². The van der Waals surface area contributed by atoms with Crippen LogP contribution in [-0.4, -0.2) is 99.6 Å². The fourth-order valence-corrected chi connectivity index (χ4v) is 5.60. The minimum Gasteiger partial charge on any atom is -0.497 e. The van der Waals surface area contributed by atoms with Gasteiger partial charge in [0, 0.05) is 43.7 Å². The highest BCUT2D eigenvalue weighted by Crippen LogP contribution is 2.39. The molecule has 10 nitrogen and oxygen atoms in total. The quantitative estimate of drug-likeness (QED) is 0.291. The average Bonchev–Trinajstić information content (AvgIpc) is 3.55. The fourth-order valence-electron chi connectivity index (χ4n) is 5.60. The predicted octanol–water partition coefficient (Wildman–Crippen LogP) is 4.88. The number of hydrogen-bond donors (Lipinski definition) is 0. The van der Waals surface area contributed by atoms with E-state index in [1.54, 1.807) is 44.6 Å². The number of amides is 2. The van der Waals surface area contributed by atoms with Gasteiger partial charge in [0.1, 0.15) is 23.8 Å². The first-order valence-electron chi connectivity index (χ1n) is 15.1. The zero-order valence-electron chi connectivity index (χ0n) is 26.5. The Kier molecular flexibility index (Phi) is 10.7. The van der Waals surface area contributed by atoms with E-state index in [1.807, 2.05) is 12.1 Å². The van der Waals surface area contributed by atoms with Gasteiger partial charge >= 0.3 is 6.18 Å². The largest absolute Gasteiger partial charge is 0.497 e. The van der Waals surface area contributed by atoms with Crippen LogP contribution in [0.1, 0.15) is 39.5 Å². The van der Waals surface area contributed by atoms with Crippen LogP contribution in [0.2, 0.25) is 0 Å².